The molecule has 0 radical (unpaired) electrons. The number of H-pyrrole nitrogens is 1. The van der Waals surface area contributed by atoms with E-state index in [9.17, 15) is 13.2 Å². The Balaban J connectivity index is 2.65. The average molecular weight is 167 g/mol. The molecule has 3 nitrogen and oxygen atoms in total. The Bertz CT molecular complexity index is 242. The fourth-order valence-corrected chi connectivity index (χ4v) is 0.620. The molecule has 1 N–H and O–H groups in total. The summed E-state index contributed by atoms with van der Waals surface area (Å²) in [6, 6.07) is 0. The number of aryl methyl sites for hydroxylation is 1. The van der Waals surface area contributed by atoms with Gasteiger partial charge in [0.1, 0.15) is 6.20 Å². The summed E-state index contributed by atoms with van der Waals surface area (Å²) in [5, 5.41) is 2.48. The molecule has 0 fully saturated rings. The van der Waals surface area contributed by atoms with Gasteiger partial charge in [-0.2, -0.15) is 5.10 Å². The standard InChI is InChI=1S/C5H5F3N2O/c1-10-3-4(2-9-10)11-5(6,7)8/h2-3H,1H3/p+1. The normalized spacial score (nSPS) is 11.6. The topological polar surface area (TPSA) is 28.9 Å². The molecule has 0 spiro atoms. The number of halogens is 3. The van der Waals surface area contributed by atoms with E-state index in [1.54, 1.807) is 7.05 Å². The zero-order chi connectivity index (χ0) is 8.48. The minimum Gasteiger partial charge on any atom is -0.397 e. The lowest BCUT2D eigenvalue weighted by Crippen LogP contribution is -2.28. The van der Waals surface area contributed by atoms with Gasteiger partial charge in [-0.25, -0.2) is 0 Å². The SMILES string of the molecule is C[n+]1cc(OC(F)(F)F)c[nH]1. The molecule has 0 atom stereocenters. The summed E-state index contributed by atoms with van der Waals surface area (Å²) in [6.45, 7) is 0. The number of ether oxygens (including phenoxy) is 1. The first-order valence-electron chi connectivity index (χ1n) is 2.77. The number of nitrogens with zero attached hydrogens (tertiary/aromatic N) is 1. The van der Waals surface area contributed by atoms with Crippen LogP contribution in [0.2, 0.25) is 0 Å². The van der Waals surface area contributed by atoms with Crippen LogP contribution in [-0.4, -0.2) is 11.5 Å². The Labute approximate surface area is 60.4 Å². The Morgan fingerprint density at radius 3 is 2.55 bits per heavy atom. The van der Waals surface area contributed by atoms with E-state index < -0.39 is 6.36 Å². The predicted octanol–water partition coefficient (Wildman–Crippen LogP) is 0.738. The highest BCUT2D eigenvalue weighted by Gasteiger charge is 2.32. The lowest BCUT2D eigenvalue weighted by molar-refractivity contribution is -0.727. The molecule has 0 saturated heterocycles. The van der Waals surface area contributed by atoms with Crippen LogP contribution in [0, 0.1) is 0 Å². The molecule has 0 aliphatic rings. The number of hydrogen-bond acceptors (Lipinski definition) is 1. The second kappa shape index (κ2) is 2.44. The summed E-state index contributed by atoms with van der Waals surface area (Å²) in [7, 11) is 1.56. The molecule has 0 unspecified atom stereocenters. The van der Waals surface area contributed by atoms with Gasteiger partial charge in [0.2, 0.25) is 11.9 Å². The Morgan fingerprint density at radius 2 is 2.18 bits per heavy atom. The highest BCUT2D eigenvalue weighted by molar-refractivity contribution is 5.07. The fourth-order valence-electron chi connectivity index (χ4n) is 0.620. The molecule has 0 aromatic carbocycles. The van der Waals surface area contributed by atoms with Crippen molar-refractivity contribution >= 4 is 0 Å². The van der Waals surface area contributed by atoms with Crippen LogP contribution in [0.5, 0.6) is 5.75 Å². The smallest absolute Gasteiger partial charge is 0.397 e. The fraction of sp³-hybridized carbons (Fsp3) is 0.400. The molecule has 0 aliphatic carbocycles. The summed E-state index contributed by atoms with van der Waals surface area (Å²) >= 11 is 0. The molecule has 1 aromatic heterocycles. The van der Waals surface area contributed by atoms with Gasteiger partial charge in [-0.3, -0.25) is 0 Å². The van der Waals surface area contributed by atoms with Crippen molar-refractivity contribution in [2.45, 2.75) is 6.36 Å². The summed E-state index contributed by atoms with van der Waals surface area (Å²) in [5.74, 6) is -0.250. The van der Waals surface area contributed by atoms with Gasteiger partial charge in [-0.1, -0.05) is 0 Å². The first kappa shape index (κ1) is 7.90. The van der Waals surface area contributed by atoms with Crippen molar-refractivity contribution < 1.29 is 22.6 Å². The molecular weight excluding hydrogens is 161 g/mol. The molecule has 1 rings (SSSR count). The maximum absolute atomic E-state index is 11.5. The van der Waals surface area contributed by atoms with Crippen molar-refractivity contribution in [1.29, 1.82) is 0 Å². The van der Waals surface area contributed by atoms with Crippen LogP contribution < -0.4 is 9.42 Å². The van der Waals surface area contributed by atoms with Crippen molar-refractivity contribution in [3.8, 4) is 5.75 Å². The van der Waals surface area contributed by atoms with Gasteiger partial charge in [-0.05, 0) is 0 Å². The first-order valence-corrected chi connectivity index (χ1v) is 2.77. The van der Waals surface area contributed by atoms with Crippen molar-refractivity contribution in [3.05, 3.63) is 12.4 Å². The van der Waals surface area contributed by atoms with Gasteiger partial charge in [0, 0.05) is 0 Å². The molecule has 11 heavy (non-hydrogen) atoms. The van der Waals surface area contributed by atoms with Crippen molar-refractivity contribution in [2.75, 3.05) is 0 Å². The number of aromatic nitrogens is 2. The highest BCUT2D eigenvalue weighted by atomic mass is 19.4. The third-order valence-corrected chi connectivity index (χ3v) is 0.965. The molecular formula is C5H6F3N2O+. The van der Waals surface area contributed by atoms with Crippen LogP contribution in [0.15, 0.2) is 12.4 Å². The summed E-state index contributed by atoms with van der Waals surface area (Å²) in [6.07, 6.45) is -2.31. The van der Waals surface area contributed by atoms with Crippen LogP contribution in [0.3, 0.4) is 0 Å². The van der Waals surface area contributed by atoms with Crippen LogP contribution in [0.25, 0.3) is 0 Å². The molecule has 1 heterocycles. The van der Waals surface area contributed by atoms with E-state index in [0.717, 1.165) is 6.20 Å². The molecule has 0 amide bonds. The van der Waals surface area contributed by atoms with Crippen LogP contribution in [-0.2, 0) is 7.05 Å². The monoisotopic (exact) mass is 167 g/mol. The zero-order valence-corrected chi connectivity index (χ0v) is 5.64. The van der Waals surface area contributed by atoms with Crippen LogP contribution in [0.4, 0.5) is 13.2 Å². The first-order chi connectivity index (χ1) is 4.97. The summed E-state index contributed by atoms with van der Waals surface area (Å²) in [5.41, 5.74) is 0. The Kier molecular flexibility index (Phi) is 1.76. The van der Waals surface area contributed by atoms with Gasteiger partial charge in [0.05, 0.1) is 0 Å². The van der Waals surface area contributed by atoms with Crippen LogP contribution >= 0.6 is 0 Å². The molecule has 6 heteroatoms. The van der Waals surface area contributed by atoms with E-state index in [-0.39, 0.29) is 5.75 Å². The second-order valence-electron chi connectivity index (χ2n) is 1.96. The second-order valence-corrected chi connectivity index (χ2v) is 1.96. The third-order valence-electron chi connectivity index (χ3n) is 0.965. The largest absolute Gasteiger partial charge is 0.573 e. The van der Waals surface area contributed by atoms with E-state index in [0.29, 0.717) is 0 Å². The number of hydrogen-bond donors (Lipinski definition) is 1. The Morgan fingerprint density at radius 1 is 1.55 bits per heavy atom. The number of alkyl halides is 3. The molecule has 0 bridgehead atoms. The third kappa shape index (κ3) is 2.48. The summed E-state index contributed by atoms with van der Waals surface area (Å²) < 4.78 is 39.4. The van der Waals surface area contributed by atoms with Gasteiger partial charge in [0.25, 0.3) is 0 Å². The predicted molar refractivity (Wildman–Crippen MR) is 28.7 cm³/mol. The molecule has 1 aromatic rings. The van der Waals surface area contributed by atoms with Gasteiger partial charge in [-0.15, -0.1) is 17.9 Å². The van der Waals surface area contributed by atoms with Crippen molar-refractivity contribution in [2.24, 2.45) is 7.05 Å². The van der Waals surface area contributed by atoms with E-state index in [4.69, 9.17) is 0 Å². The van der Waals surface area contributed by atoms with E-state index in [1.165, 1.54) is 10.9 Å². The lowest BCUT2D eigenvalue weighted by Gasteiger charge is -2.03. The maximum atomic E-state index is 11.5. The maximum Gasteiger partial charge on any atom is 0.573 e. The molecule has 0 saturated carbocycles. The molecule has 0 aliphatic heterocycles. The minimum absolute atomic E-state index is 0.250. The van der Waals surface area contributed by atoms with Crippen molar-refractivity contribution in [3.63, 3.8) is 0 Å². The van der Waals surface area contributed by atoms with E-state index >= 15 is 0 Å². The van der Waals surface area contributed by atoms with Gasteiger partial charge < -0.3 is 4.74 Å². The van der Waals surface area contributed by atoms with Gasteiger partial charge in [0.15, 0.2) is 7.05 Å². The number of rotatable bonds is 1. The highest BCUT2D eigenvalue weighted by Crippen LogP contribution is 2.19. The van der Waals surface area contributed by atoms with Crippen LogP contribution in [0.1, 0.15) is 0 Å². The Hall–Kier alpha value is -1.20. The number of aromatic amines is 1. The lowest BCUT2D eigenvalue weighted by atomic mass is 10.7. The van der Waals surface area contributed by atoms with Crippen molar-refractivity contribution in [1.82, 2.24) is 5.10 Å². The van der Waals surface area contributed by atoms with E-state index in [2.05, 4.69) is 9.84 Å². The zero-order valence-electron chi connectivity index (χ0n) is 5.64. The molecule has 62 valence electrons. The summed E-state index contributed by atoms with van der Waals surface area (Å²) in [4.78, 5) is 0. The quantitative estimate of drug-likeness (QED) is 0.614. The van der Waals surface area contributed by atoms with Gasteiger partial charge >= 0.3 is 6.36 Å². The number of nitrogens with one attached hydrogen (secondary N) is 1. The van der Waals surface area contributed by atoms with E-state index in [1.807, 2.05) is 0 Å². The average Bonchev–Trinajstić information content (AvgIpc) is 2.10. The minimum atomic E-state index is -4.62.